The van der Waals surface area contributed by atoms with Crippen LogP contribution in [0.1, 0.15) is 45.4 Å². The first-order valence-electron chi connectivity index (χ1n) is 7.44. The zero-order valence-corrected chi connectivity index (χ0v) is 11.2. The molecule has 3 nitrogen and oxygen atoms in total. The molecule has 0 saturated heterocycles. The Balaban J connectivity index is 1.30. The summed E-state index contributed by atoms with van der Waals surface area (Å²) in [7, 11) is 0. The summed E-state index contributed by atoms with van der Waals surface area (Å²) >= 11 is 0. The predicted molar refractivity (Wildman–Crippen MR) is 71.3 cm³/mol. The van der Waals surface area contributed by atoms with E-state index in [-0.39, 0.29) is 0 Å². The zero-order valence-electron chi connectivity index (χ0n) is 11.2. The minimum Gasteiger partial charge on any atom is -0.378 e. The van der Waals surface area contributed by atoms with Crippen molar-refractivity contribution >= 4 is 0 Å². The number of ether oxygens (including phenoxy) is 1. The van der Waals surface area contributed by atoms with Crippen LogP contribution in [0.15, 0.2) is 0 Å². The second-order valence-electron chi connectivity index (χ2n) is 5.54. The van der Waals surface area contributed by atoms with Crippen LogP contribution in [0.25, 0.3) is 0 Å². The van der Waals surface area contributed by atoms with Crippen molar-refractivity contribution in [2.24, 2.45) is 5.92 Å². The summed E-state index contributed by atoms with van der Waals surface area (Å²) in [5, 5.41) is 7.09. The Morgan fingerprint density at radius 2 is 1.94 bits per heavy atom. The van der Waals surface area contributed by atoms with Crippen molar-refractivity contribution in [3.63, 3.8) is 0 Å². The van der Waals surface area contributed by atoms with Crippen molar-refractivity contribution in [1.82, 2.24) is 10.6 Å². The summed E-state index contributed by atoms with van der Waals surface area (Å²) in [6, 6.07) is 0.862. The van der Waals surface area contributed by atoms with Gasteiger partial charge in [0.15, 0.2) is 0 Å². The molecule has 0 radical (unpaired) electrons. The average molecular weight is 240 g/mol. The van der Waals surface area contributed by atoms with Gasteiger partial charge in [-0.25, -0.2) is 0 Å². The van der Waals surface area contributed by atoms with Gasteiger partial charge in [-0.05, 0) is 71.0 Å². The molecule has 0 unspecified atom stereocenters. The highest BCUT2D eigenvalue weighted by Crippen LogP contribution is 2.32. The summed E-state index contributed by atoms with van der Waals surface area (Å²) in [6.07, 6.45) is 8.55. The summed E-state index contributed by atoms with van der Waals surface area (Å²) in [5.41, 5.74) is 0. The number of hydrogen-bond donors (Lipinski definition) is 2. The number of rotatable bonds is 10. The van der Waals surface area contributed by atoms with Crippen LogP contribution in [0.3, 0.4) is 0 Å². The fourth-order valence-corrected chi connectivity index (χ4v) is 2.52. The maximum atomic E-state index is 5.57. The van der Waals surface area contributed by atoms with Crippen LogP contribution in [0.4, 0.5) is 0 Å². The Kier molecular flexibility index (Phi) is 5.75. The fourth-order valence-electron chi connectivity index (χ4n) is 2.52. The maximum absolute atomic E-state index is 5.57. The van der Waals surface area contributed by atoms with Crippen LogP contribution in [-0.2, 0) is 4.74 Å². The molecule has 2 rings (SSSR count). The zero-order chi connectivity index (χ0) is 11.9. The third-order valence-electron chi connectivity index (χ3n) is 3.86. The monoisotopic (exact) mass is 240 g/mol. The van der Waals surface area contributed by atoms with Gasteiger partial charge < -0.3 is 15.4 Å². The van der Waals surface area contributed by atoms with E-state index < -0.39 is 0 Å². The van der Waals surface area contributed by atoms with E-state index >= 15 is 0 Å². The molecule has 0 spiro atoms. The van der Waals surface area contributed by atoms with Crippen LogP contribution >= 0.6 is 0 Å². The van der Waals surface area contributed by atoms with E-state index in [1.807, 2.05) is 0 Å². The highest BCUT2D eigenvalue weighted by molar-refractivity contribution is 4.81. The topological polar surface area (TPSA) is 33.3 Å². The maximum Gasteiger partial charge on any atom is 0.0580 e. The van der Waals surface area contributed by atoms with Gasteiger partial charge in [-0.3, -0.25) is 0 Å². The van der Waals surface area contributed by atoms with Gasteiger partial charge in [0, 0.05) is 12.6 Å². The van der Waals surface area contributed by atoms with Crippen molar-refractivity contribution in [1.29, 1.82) is 0 Å². The van der Waals surface area contributed by atoms with E-state index in [2.05, 4.69) is 17.6 Å². The summed E-state index contributed by atoms with van der Waals surface area (Å²) in [4.78, 5) is 0. The van der Waals surface area contributed by atoms with E-state index in [0.717, 1.165) is 18.6 Å². The lowest BCUT2D eigenvalue weighted by atomic mass is 9.80. The largest absolute Gasteiger partial charge is 0.378 e. The molecule has 3 heteroatoms. The van der Waals surface area contributed by atoms with Gasteiger partial charge in [0.1, 0.15) is 0 Å². The van der Waals surface area contributed by atoms with Gasteiger partial charge >= 0.3 is 0 Å². The lowest BCUT2D eigenvalue weighted by Gasteiger charge is -2.35. The second-order valence-corrected chi connectivity index (χ2v) is 5.54. The molecule has 0 aromatic heterocycles. The molecule has 100 valence electrons. The molecule has 0 aromatic carbocycles. The molecular weight excluding hydrogens is 212 g/mol. The van der Waals surface area contributed by atoms with E-state index in [9.17, 15) is 0 Å². The van der Waals surface area contributed by atoms with Crippen molar-refractivity contribution < 1.29 is 4.74 Å². The van der Waals surface area contributed by atoms with Gasteiger partial charge in [0.2, 0.25) is 0 Å². The third-order valence-corrected chi connectivity index (χ3v) is 3.86. The molecule has 2 aliphatic carbocycles. The molecule has 0 aromatic rings. The first kappa shape index (κ1) is 13.3. The first-order valence-corrected chi connectivity index (χ1v) is 7.44. The molecule has 2 N–H and O–H groups in total. The normalized spacial score (nSPS) is 28.1. The molecule has 2 saturated carbocycles. The Labute approximate surface area is 106 Å². The Hall–Kier alpha value is -0.120. The molecule has 0 bridgehead atoms. The van der Waals surface area contributed by atoms with E-state index in [1.165, 1.54) is 58.2 Å². The predicted octanol–water partition coefficient (Wildman–Crippen LogP) is 1.92. The fraction of sp³-hybridized carbons (Fsp3) is 1.00. The second kappa shape index (κ2) is 7.34. The standard InChI is InChI=1S/C14H28N2O/c1-2-17-14-10-12(11-14)6-9-15-7-3-8-16-13-4-5-13/h12-16H,2-11H2,1H3. The molecule has 0 heterocycles. The van der Waals surface area contributed by atoms with Crippen molar-refractivity contribution in [2.75, 3.05) is 26.2 Å². The average Bonchev–Trinajstić information content (AvgIpc) is 3.07. The molecule has 0 amide bonds. The number of nitrogens with one attached hydrogen (secondary N) is 2. The van der Waals surface area contributed by atoms with Crippen LogP contribution in [0, 0.1) is 5.92 Å². The van der Waals surface area contributed by atoms with Gasteiger partial charge in [-0.2, -0.15) is 0 Å². The minimum atomic E-state index is 0.577. The van der Waals surface area contributed by atoms with E-state index in [4.69, 9.17) is 4.74 Å². The van der Waals surface area contributed by atoms with Crippen molar-refractivity contribution in [3.8, 4) is 0 Å². The molecular formula is C14H28N2O. The number of hydrogen-bond acceptors (Lipinski definition) is 3. The van der Waals surface area contributed by atoms with E-state index in [0.29, 0.717) is 6.10 Å². The molecule has 0 aliphatic heterocycles. The molecule has 0 atom stereocenters. The molecule has 17 heavy (non-hydrogen) atoms. The van der Waals surface area contributed by atoms with Gasteiger partial charge in [-0.15, -0.1) is 0 Å². The lowest BCUT2D eigenvalue weighted by molar-refractivity contribution is -0.0262. The van der Waals surface area contributed by atoms with Crippen LogP contribution < -0.4 is 10.6 Å². The third kappa shape index (κ3) is 5.36. The highest BCUT2D eigenvalue weighted by Gasteiger charge is 2.28. The van der Waals surface area contributed by atoms with Crippen LogP contribution in [0.2, 0.25) is 0 Å². The summed E-state index contributed by atoms with van der Waals surface area (Å²) in [6.45, 7) is 6.51. The van der Waals surface area contributed by atoms with Crippen molar-refractivity contribution in [2.45, 2.75) is 57.6 Å². The van der Waals surface area contributed by atoms with Crippen LogP contribution in [-0.4, -0.2) is 38.4 Å². The minimum absolute atomic E-state index is 0.577. The lowest BCUT2D eigenvalue weighted by Crippen LogP contribution is -2.33. The van der Waals surface area contributed by atoms with Crippen LogP contribution in [0.5, 0.6) is 0 Å². The van der Waals surface area contributed by atoms with Gasteiger partial charge in [0.25, 0.3) is 0 Å². The Bertz CT molecular complexity index is 200. The van der Waals surface area contributed by atoms with E-state index in [1.54, 1.807) is 0 Å². The Morgan fingerprint density at radius 3 is 2.65 bits per heavy atom. The SMILES string of the molecule is CCOC1CC(CCNCCCNC2CC2)C1. The van der Waals surface area contributed by atoms with Crippen molar-refractivity contribution in [3.05, 3.63) is 0 Å². The molecule has 2 aliphatic rings. The highest BCUT2D eigenvalue weighted by atomic mass is 16.5. The summed E-state index contributed by atoms with van der Waals surface area (Å²) in [5.74, 6) is 0.920. The summed E-state index contributed by atoms with van der Waals surface area (Å²) < 4.78 is 5.57. The smallest absolute Gasteiger partial charge is 0.0580 e. The quantitative estimate of drug-likeness (QED) is 0.572. The molecule has 2 fully saturated rings. The Morgan fingerprint density at radius 1 is 1.12 bits per heavy atom. The van der Waals surface area contributed by atoms with Gasteiger partial charge in [0.05, 0.1) is 6.10 Å². The first-order chi connectivity index (χ1) is 8.38. The van der Waals surface area contributed by atoms with Gasteiger partial charge in [-0.1, -0.05) is 0 Å².